The number of ketones is 1. The van der Waals surface area contributed by atoms with Gasteiger partial charge in [-0.3, -0.25) is 4.79 Å². The SMILES string of the molecule is C=C(C)[C@]1(O)CC[C@H]2[C@@H]3CC=C4CC(=O)CCC4=C3[C@@H](c3ccc(P(C)(C)=O)cc3)C[C@@]21C. The lowest BCUT2D eigenvalue weighted by atomic mass is 9.51. The van der Waals surface area contributed by atoms with Gasteiger partial charge in [-0.25, -0.2) is 0 Å². The first-order chi connectivity index (χ1) is 15.5. The second-order valence-corrected chi connectivity index (χ2v) is 14.8. The lowest BCUT2D eigenvalue weighted by molar-refractivity contribution is -0.118. The highest BCUT2D eigenvalue weighted by Crippen LogP contribution is 2.67. The highest BCUT2D eigenvalue weighted by atomic mass is 31.2. The molecule has 0 spiro atoms. The summed E-state index contributed by atoms with van der Waals surface area (Å²) in [6.07, 6.45) is 8.02. The normalized spacial score (nSPS) is 36.1. The number of hydrogen-bond acceptors (Lipinski definition) is 3. The summed E-state index contributed by atoms with van der Waals surface area (Å²) in [7, 11) is -2.31. The Morgan fingerprint density at radius 2 is 1.88 bits per heavy atom. The maximum absolute atomic E-state index is 12.6. The van der Waals surface area contributed by atoms with Gasteiger partial charge in [0.05, 0.1) is 5.60 Å². The van der Waals surface area contributed by atoms with Crippen LogP contribution in [0.25, 0.3) is 0 Å². The van der Waals surface area contributed by atoms with Crippen molar-refractivity contribution in [1.29, 1.82) is 0 Å². The van der Waals surface area contributed by atoms with Crippen LogP contribution >= 0.6 is 7.14 Å². The van der Waals surface area contributed by atoms with E-state index < -0.39 is 12.7 Å². The maximum atomic E-state index is 12.6. The summed E-state index contributed by atoms with van der Waals surface area (Å²) >= 11 is 0. The first-order valence-electron chi connectivity index (χ1n) is 12.4. The minimum atomic E-state index is -2.31. The first kappa shape index (κ1) is 23.1. The number of carbonyl (C=O) groups is 1. The van der Waals surface area contributed by atoms with Gasteiger partial charge in [0.1, 0.15) is 12.9 Å². The standard InChI is InChI=1S/C29H37O3P/c1-18(2)29(31)15-14-26-24-12-8-20-16-21(30)9-13-23(20)27(24)25(17-28(26,29)3)19-6-10-22(11-7-19)33(4,5)32/h6-8,10-11,24-26,31H,1,9,12-17H2,2-5H3/t24-,25+,26-,28-,29+/m0/s1. The van der Waals surface area contributed by atoms with Crippen LogP contribution in [0.2, 0.25) is 0 Å². The molecule has 176 valence electrons. The van der Waals surface area contributed by atoms with Gasteiger partial charge in [0.15, 0.2) is 0 Å². The molecule has 3 saturated carbocycles. The molecule has 3 fully saturated rings. The largest absolute Gasteiger partial charge is 0.385 e. The minimum absolute atomic E-state index is 0.203. The van der Waals surface area contributed by atoms with Crippen LogP contribution in [0.1, 0.15) is 70.3 Å². The molecule has 5 atom stereocenters. The number of carbonyl (C=O) groups excluding carboxylic acids is 1. The number of allylic oxidation sites excluding steroid dienone is 4. The van der Waals surface area contributed by atoms with E-state index in [2.05, 4.69) is 31.7 Å². The quantitative estimate of drug-likeness (QED) is 0.432. The fourth-order valence-corrected chi connectivity index (χ4v) is 8.53. The molecule has 0 saturated heterocycles. The third-order valence-corrected chi connectivity index (χ3v) is 11.0. The Balaban J connectivity index is 1.66. The highest BCUT2D eigenvalue weighted by Gasteiger charge is 2.62. The summed E-state index contributed by atoms with van der Waals surface area (Å²) in [5.74, 6) is 1.37. The van der Waals surface area contributed by atoms with Crippen molar-refractivity contribution in [3.63, 3.8) is 0 Å². The molecular formula is C29H37O3P. The van der Waals surface area contributed by atoms with Gasteiger partial charge in [0, 0.05) is 29.5 Å². The summed E-state index contributed by atoms with van der Waals surface area (Å²) in [4.78, 5) is 12.2. The van der Waals surface area contributed by atoms with Crippen LogP contribution < -0.4 is 5.30 Å². The van der Waals surface area contributed by atoms with Crippen molar-refractivity contribution in [3.05, 3.63) is 64.8 Å². The van der Waals surface area contributed by atoms with Crippen molar-refractivity contribution < 1.29 is 14.5 Å². The molecule has 0 aromatic heterocycles. The van der Waals surface area contributed by atoms with Crippen LogP contribution in [0, 0.1) is 17.3 Å². The Bertz CT molecular complexity index is 1130. The smallest absolute Gasteiger partial charge is 0.137 e. The molecule has 4 aliphatic rings. The number of Topliss-reactive ketones (excluding diaryl/α,β-unsaturated/α-hetero) is 1. The van der Waals surface area contributed by atoms with Gasteiger partial charge >= 0.3 is 0 Å². The van der Waals surface area contributed by atoms with E-state index in [9.17, 15) is 14.5 Å². The number of benzene rings is 1. The molecule has 5 rings (SSSR count). The van der Waals surface area contributed by atoms with Crippen molar-refractivity contribution in [3.8, 4) is 0 Å². The molecule has 1 aromatic rings. The summed E-state index contributed by atoms with van der Waals surface area (Å²) in [5, 5.41) is 12.8. The zero-order valence-corrected chi connectivity index (χ0v) is 21.4. The molecule has 4 aliphatic carbocycles. The number of aliphatic hydroxyl groups is 1. The molecule has 1 N–H and O–H groups in total. The van der Waals surface area contributed by atoms with Crippen molar-refractivity contribution in [1.82, 2.24) is 0 Å². The van der Waals surface area contributed by atoms with Crippen LogP contribution in [0.4, 0.5) is 0 Å². The van der Waals surface area contributed by atoms with Crippen LogP contribution in [0.5, 0.6) is 0 Å². The Hall–Kier alpha value is -1.70. The monoisotopic (exact) mass is 464 g/mol. The third kappa shape index (κ3) is 3.41. The summed E-state index contributed by atoms with van der Waals surface area (Å²) < 4.78 is 12.6. The van der Waals surface area contributed by atoms with E-state index >= 15 is 0 Å². The summed E-state index contributed by atoms with van der Waals surface area (Å²) in [6.45, 7) is 12.1. The Labute approximate surface area is 198 Å². The fraction of sp³-hybridized carbons (Fsp3) is 0.552. The van der Waals surface area contributed by atoms with Crippen LogP contribution in [0.15, 0.2) is 59.2 Å². The van der Waals surface area contributed by atoms with Crippen molar-refractivity contribution >= 4 is 18.2 Å². The van der Waals surface area contributed by atoms with Crippen molar-refractivity contribution in [2.24, 2.45) is 17.3 Å². The van der Waals surface area contributed by atoms with Gasteiger partial charge in [0.25, 0.3) is 0 Å². The lowest BCUT2D eigenvalue weighted by Gasteiger charge is -2.54. The van der Waals surface area contributed by atoms with E-state index in [0.717, 1.165) is 43.0 Å². The van der Waals surface area contributed by atoms with Crippen molar-refractivity contribution in [2.75, 3.05) is 13.3 Å². The molecule has 3 nitrogen and oxygen atoms in total. The van der Waals surface area contributed by atoms with Gasteiger partial charge in [-0.1, -0.05) is 49.4 Å². The average molecular weight is 465 g/mol. The second kappa shape index (κ2) is 7.65. The minimum Gasteiger partial charge on any atom is -0.385 e. The van der Waals surface area contributed by atoms with Crippen LogP contribution in [-0.2, 0) is 9.36 Å². The maximum Gasteiger partial charge on any atom is 0.137 e. The van der Waals surface area contributed by atoms with E-state index in [1.807, 2.05) is 32.4 Å². The summed E-state index contributed by atoms with van der Waals surface area (Å²) in [6, 6.07) is 8.39. The second-order valence-electron chi connectivity index (χ2n) is 11.6. The van der Waals surface area contributed by atoms with Gasteiger partial charge in [-0.05, 0) is 86.5 Å². The van der Waals surface area contributed by atoms with E-state index in [0.29, 0.717) is 30.5 Å². The Morgan fingerprint density at radius 3 is 2.52 bits per heavy atom. The Morgan fingerprint density at radius 1 is 1.18 bits per heavy atom. The zero-order valence-electron chi connectivity index (χ0n) is 20.5. The van der Waals surface area contributed by atoms with Gasteiger partial charge in [-0.2, -0.15) is 0 Å². The molecule has 0 amide bonds. The van der Waals surface area contributed by atoms with Gasteiger partial charge < -0.3 is 9.67 Å². The van der Waals surface area contributed by atoms with E-state index in [4.69, 9.17) is 0 Å². The topological polar surface area (TPSA) is 54.4 Å². The molecule has 1 aromatic carbocycles. The number of fused-ring (bicyclic) bond motifs is 4. The summed E-state index contributed by atoms with van der Waals surface area (Å²) in [5.41, 5.74) is 5.24. The molecule has 0 radical (unpaired) electrons. The molecule has 0 aliphatic heterocycles. The van der Waals surface area contributed by atoms with E-state index in [1.165, 1.54) is 22.3 Å². The molecule has 33 heavy (non-hydrogen) atoms. The predicted octanol–water partition coefficient (Wildman–Crippen LogP) is 6.14. The number of hydrogen-bond donors (Lipinski definition) is 1. The molecule has 0 bridgehead atoms. The molecule has 0 heterocycles. The lowest BCUT2D eigenvalue weighted by Crippen LogP contribution is -2.51. The highest BCUT2D eigenvalue weighted by molar-refractivity contribution is 7.70. The van der Waals surface area contributed by atoms with Gasteiger partial charge in [-0.15, -0.1) is 0 Å². The van der Waals surface area contributed by atoms with Crippen LogP contribution in [0.3, 0.4) is 0 Å². The molecule has 0 unspecified atom stereocenters. The Kier molecular flexibility index (Phi) is 5.35. The predicted molar refractivity (Wildman–Crippen MR) is 136 cm³/mol. The zero-order chi connectivity index (χ0) is 23.8. The van der Waals surface area contributed by atoms with Crippen LogP contribution in [-0.4, -0.2) is 29.8 Å². The van der Waals surface area contributed by atoms with Gasteiger partial charge in [0.2, 0.25) is 0 Å². The molecular weight excluding hydrogens is 427 g/mol. The van der Waals surface area contributed by atoms with E-state index in [-0.39, 0.29) is 11.3 Å². The van der Waals surface area contributed by atoms with Crippen molar-refractivity contribution in [2.45, 2.75) is 70.3 Å². The number of rotatable bonds is 3. The molecule has 4 heteroatoms. The third-order valence-electron chi connectivity index (χ3n) is 9.49. The fourth-order valence-electron chi connectivity index (χ4n) is 7.67. The first-order valence-corrected chi connectivity index (χ1v) is 15.0. The average Bonchev–Trinajstić information content (AvgIpc) is 3.04. The van der Waals surface area contributed by atoms with E-state index in [1.54, 1.807) is 0 Å².